The minimum absolute atomic E-state index is 0.0102. The molecule has 2 aromatic rings. The third kappa shape index (κ3) is 4.75. The van der Waals surface area contributed by atoms with Crippen LogP contribution in [0.15, 0.2) is 48.5 Å². The summed E-state index contributed by atoms with van der Waals surface area (Å²) in [6.07, 6.45) is 0. The maximum atomic E-state index is 12.2. The Kier molecular flexibility index (Phi) is 5.80. The summed E-state index contributed by atoms with van der Waals surface area (Å²) in [4.78, 5) is 16.0. The zero-order valence-electron chi connectivity index (χ0n) is 14.3. The second-order valence-electron chi connectivity index (χ2n) is 5.85. The largest absolute Gasteiger partial charge is 0.378 e. The topological polar surface area (TPSA) is 59.4 Å². The zero-order valence-corrected chi connectivity index (χ0v) is 14.3. The summed E-state index contributed by atoms with van der Waals surface area (Å²) in [7, 11) is 5.79. The maximum Gasteiger partial charge on any atom is 0.241 e. The van der Waals surface area contributed by atoms with E-state index in [0.717, 1.165) is 16.9 Å². The molecule has 124 valence electrons. The van der Waals surface area contributed by atoms with Crippen molar-refractivity contribution in [2.24, 2.45) is 0 Å². The maximum absolute atomic E-state index is 12.2. The van der Waals surface area contributed by atoms with Gasteiger partial charge in [-0.3, -0.25) is 4.79 Å². The number of likely N-dealkylation sites (N-methyl/N-ethyl adjacent to an activating group) is 1. The van der Waals surface area contributed by atoms with Gasteiger partial charge in [0.2, 0.25) is 5.91 Å². The smallest absolute Gasteiger partial charge is 0.241 e. The van der Waals surface area contributed by atoms with Gasteiger partial charge in [0, 0.05) is 39.1 Å². The minimum atomic E-state index is 0.0102. The van der Waals surface area contributed by atoms with Crippen molar-refractivity contribution in [1.29, 1.82) is 5.26 Å². The summed E-state index contributed by atoms with van der Waals surface area (Å²) in [5.41, 5.74) is 3.65. The number of carbonyl (C=O) groups excluding carboxylic acids is 1. The van der Waals surface area contributed by atoms with Gasteiger partial charge in [0.1, 0.15) is 0 Å². The van der Waals surface area contributed by atoms with Crippen molar-refractivity contribution in [1.82, 2.24) is 4.90 Å². The average molecular weight is 322 g/mol. The van der Waals surface area contributed by atoms with E-state index >= 15 is 0 Å². The Hall–Kier alpha value is -3.00. The molecule has 0 atom stereocenters. The number of rotatable bonds is 6. The molecular weight excluding hydrogens is 300 g/mol. The standard InChI is InChI=1S/C19H22N4O/c1-22(2)18-10-6-16(7-11-18)14-23(3)19(24)13-21-17-8-4-15(12-20)5-9-17/h4-11,21H,13-14H2,1-3H3. The normalized spacial score (nSPS) is 9.92. The van der Waals surface area contributed by atoms with Gasteiger partial charge in [-0.1, -0.05) is 12.1 Å². The van der Waals surface area contributed by atoms with Crippen LogP contribution in [0.1, 0.15) is 11.1 Å². The number of nitriles is 1. The van der Waals surface area contributed by atoms with Gasteiger partial charge in [-0.05, 0) is 42.0 Å². The quantitative estimate of drug-likeness (QED) is 0.888. The Bertz CT molecular complexity index is 715. The second-order valence-corrected chi connectivity index (χ2v) is 5.85. The van der Waals surface area contributed by atoms with Crippen molar-refractivity contribution in [3.8, 4) is 6.07 Å². The number of nitrogens with zero attached hydrogens (tertiary/aromatic N) is 3. The predicted molar refractivity (Wildman–Crippen MR) is 96.9 cm³/mol. The number of anilines is 2. The molecule has 0 aliphatic rings. The van der Waals surface area contributed by atoms with E-state index in [1.807, 2.05) is 43.3 Å². The fourth-order valence-corrected chi connectivity index (χ4v) is 2.24. The molecule has 24 heavy (non-hydrogen) atoms. The molecule has 2 rings (SSSR count). The van der Waals surface area contributed by atoms with Gasteiger partial charge < -0.3 is 15.1 Å². The first kappa shape index (κ1) is 17.4. The first-order chi connectivity index (χ1) is 11.5. The van der Waals surface area contributed by atoms with Gasteiger partial charge >= 0.3 is 0 Å². The third-order valence-electron chi connectivity index (χ3n) is 3.76. The van der Waals surface area contributed by atoms with Crippen molar-refractivity contribution in [2.45, 2.75) is 6.54 Å². The van der Waals surface area contributed by atoms with E-state index < -0.39 is 0 Å². The Morgan fingerprint density at radius 1 is 1.04 bits per heavy atom. The molecule has 0 saturated carbocycles. The first-order valence-corrected chi connectivity index (χ1v) is 7.74. The summed E-state index contributed by atoms with van der Waals surface area (Å²) in [5.74, 6) is 0.0102. The van der Waals surface area contributed by atoms with Gasteiger partial charge in [0.15, 0.2) is 0 Å². The van der Waals surface area contributed by atoms with Crippen molar-refractivity contribution in [3.05, 3.63) is 59.7 Å². The highest BCUT2D eigenvalue weighted by molar-refractivity contribution is 5.80. The number of benzene rings is 2. The van der Waals surface area contributed by atoms with Gasteiger partial charge in [-0.15, -0.1) is 0 Å². The van der Waals surface area contributed by atoms with Crippen LogP contribution in [-0.2, 0) is 11.3 Å². The summed E-state index contributed by atoms with van der Waals surface area (Å²) in [6.45, 7) is 0.791. The molecular formula is C19H22N4O. The SMILES string of the molecule is CN(Cc1ccc(N(C)C)cc1)C(=O)CNc1ccc(C#N)cc1. The number of hydrogen-bond acceptors (Lipinski definition) is 4. The molecule has 0 aliphatic carbocycles. The number of amides is 1. The molecule has 5 nitrogen and oxygen atoms in total. The highest BCUT2D eigenvalue weighted by atomic mass is 16.2. The van der Waals surface area contributed by atoms with Crippen LogP contribution >= 0.6 is 0 Å². The van der Waals surface area contributed by atoms with E-state index in [1.54, 1.807) is 36.2 Å². The average Bonchev–Trinajstić information content (AvgIpc) is 2.60. The number of carbonyl (C=O) groups is 1. The molecule has 0 aliphatic heterocycles. The number of nitrogens with one attached hydrogen (secondary N) is 1. The molecule has 0 saturated heterocycles. The molecule has 0 radical (unpaired) electrons. The van der Waals surface area contributed by atoms with Crippen LogP contribution in [0.4, 0.5) is 11.4 Å². The van der Waals surface area contributed by atoms with Gasteiger partial charge in [0.05, 0.1) is 18.2 Å². The molecule has 2 aromatic carbocycles. The molecule has 0 heterocycles. The zero-order chi connectivity index (χ0) is 17.5. The summed E-state index contributed by atoms with van der Waals surface area (Å²) in [5, 5.41) is 11.9. The van der Waals surface area contributed by atoms with Crippen LogP contribution in [-0.4, -0.2) is 38.5 Å². The summed E-state index contributed by atoms with van der Waals surface area (Å²) in [6, 6.07) is 17.3. The van der Waals surface area contributed by atoms with E-state index in [9.17, 15) is 4.79 Å². The van der Waals surface area contributed by atoms with Gasteiger partial charge in [-0.25, -0.2) is 0 Å². The lowest BCUT2D eigenvalue weighted by atomic mass is 10.2. The Morgan fingerprint density at radius 2 is 1.67 bits per heavy atom. The van der Waals surface area contributed by atoms with Crippen LogP contribution in [0.2, 0.25) is 0 Å². The van der Waals surface area contributed by atoms with E-state index in [1.165, 1.54) is 0 Å². The molecule has 5 heteroatoms. The van der Waals surface area contributed by atoms with E-state index in [0.29, 0.717) is 12.1 Å². The van der Waals surface area contributed by atoms with Crippen molar-refractivity contribution < 1.29 is 4.79 Å². The fourth-order valence-electron chi connectivity index (χ4n) is 2.24. The molecule has 1 N–H and O–H groups in total. The van der Waals surface area contributed by atoms with Crippen molar-refractivity contribution in [2.75, 3.05) is 37.9 Å². The molecule has 0 fully saturated rings. The van der Waals surface area contributed by atoms with Crippen molar-refractivity contribution in [3.63, 3.8) is 0 Å². The number of hydrogen-bond donors (Lipinski definition) is 1. The summed E-state index contributed by atoms with van der Waals surface area (Å²) < 4.78 is 0. The molecule has 0 unspecified atom stereocenters. The van der Waals surface area contributed by atoms with Gasteiger partial charge in [-0.2, -0.15) is 5.26 Å². The second kappa shape index (κ2) is 8.02. The lowest BCUT2D eigenvalue weighted by molar-refractivity contribution is -0.128. The molecule has 1 amide bonds. The lowest BCUT2D eigenvalue weighted by Crippen LogP contribution is -2.31. The fraction of sp³-hybridized carbons (Fsp3) is 0.263. The molecule has 0 bridgehead atoms. The third-order valence-corrected chi connectivity index (χ3v) is 3.76. The van der Waals surface area contributed by atoms with Crippen LogP contribution in [0, 0.1) is 11.3 Å². The van der Waals surface area contributed by atoms with Gasteiger partial charge in [0.25, 0.3) is 0 Å². The monoisotopic (exact) mass is 322 g/mol. The van der Waals surface area contributed by atoms with E-state index in [-0.39, 0.29) is 12.5 Å². The molecule has 0 spiro atoms. The van der Waals surface area contributed by atoms with Crippen LogP contribution < -0.4 is 10.2 Å². The van der Waals surface area contributed by atoms with Crippen molar-refractivity contribution >= 4 is 17.3 Å². The van der Waals surface area contributed by atoms with Crippen LogP contribution in [0.3, 0.4) is 0 Å². The lowest BCUT2D eigenvalue weighted by Gasteiger charge is -2.19. The van der Waals surface area contributed by atoms with E-state index in [4.69, 9.17) is 5.26 Å². The Balaban J connectivity index is 1.86. The summed E-state index contributed by atoms with van der Waals surface area (Å²) >= 11 is 0. The molecule has 0 aromatic heterocycles. The predicted octanol–water partition coefficient (Wildman–Crippen LogP) is 2.69. The Morgan fingerprint density at radius 3 is 2.21 bits per heavy atom. The van der Waals surface area contributed by atoms with E-state index in [2.05, 4.69) is 11.4 Å². The minimum Gasteiger partial charge on any atom is -0.378 e. The van der Waals surface area contributed by atoms with Crippen LogP contribution in [0.5, 0.6) is 0 Å². The highest BCUT2D eigenvalue weighted by Gasteiger charge is 2.09. The first-order valence-electron chi connectivity index (χ1n) is 7.74. The van der Waals surface area contributed by atoms with Crippen LogP contribution in [0.25, 0.3) is 0 Å². The highest BCUT2D eigenvalue weighted by Crippen LogP contribution is 2.13. The Labute approximate surface area is 143 Å².